The van der Waals surface area contributed by atoms with Crippen molar-refractivity contribution in [3.63, 3.8) is 0 Å². The fraction of sp³-hybridized carbons (Fsp3) is 0.417. The van der Waals surface area contributed by atoms with Crippen LogP contribution in [0.5, 0.6) is 0 Å². The Hall–Kier alpha value is -2.44. The number of likely N-dealkylation sites (tertiary alicyclic amines) is 1. The highest BCUT2D eigenvalue weighted by Crippen LogP contribution is 2.24. The Labute approximate surface area is 183 Å². The van der Waals surface area contributed by atoms with E-state index in [1.807, 2.05) is 18.2 Å². The first kappa shape index (κ1) is 22.2. The molecule has 1 aromatic carbocycles. The molecule has 4 rings (SSSR count). The summed E-state index contributed by atoms with van der Waals surface area (Å²) in [6, 6.07) is 10.00. The quantitative estimate of drug-likeness (QED) is 0.601. The molecule has 0 saturated carbocycles. The zero-order chi connectivity index (χ0) is 20.2. The van der Waals surface area contributed by atoms with E-state index < -0.39 is 0 Å². The van der Waals surface area contributed by atoms with Gasteiger partial charge in [-0.2, -0.15) is 0 Å². The number of benzene rings is 1. The largest absolute Gasteiger partial charge is 0.383 e. The predicted octanol–water partition coefficient (Wildman–Crippen LogP) is 4.72. The van der Waals surface area contributed by atoms with Crippen LogP contribution in [0, 0.1) is 5.92 Å². The van der Waals surface area contributed by atoms with E-state index >= 15 is 0 Å². The van der Waals surface area contributed by atoms with Crippen LogP contribution in [0.4, 0.5) is 5.82 Å². The second kappa shape index (κ2) is 10.0. The van der Waals surface area contributed by atoms with Gasteiger partial charge in [0, 0.05) is 18.1 Å². The van der Waals surface area contributed by atoms with Gasteiger partial charge < -0.3 is 16.0 Å². The highest BCUT2D eigenvalue weighted by Gasteiger charge is 2.17. The molecule has 5 nitrogen and oxygen atoms in total. The summed E-state index contributed by atoms with van der Waals surface area (Å²) in [5.41, 5.74) is 8.24. The van der Waals surface area contributed by atoms with Gasteiger partial charge in [-0.1, -0.05) is 19.6 Å². The maximum absolute atomic E-state index is 12.6. The maximum atomic E-state index is 12.6. The molecule has 3 heterocycles. The molecule has 3 aromatic rings. The van der Waals surface area contributed by atoms with Crippen LogP contribution >= 0.6 is 11.3 Å². The Bertz CT molecular complexity index is 992. The molecular formula is C24H32N4OS. The number of aryl methyl sites for hydroxylation is 1. The number of pyridine rings is 1. The Balaban J connectivity index is 0.00000256. The summed E-state index contributed by atoms with van der Waals surface area (Å²) in [6.45, 7) is 2.92. The maximum Gasteiger partial charge on any atom is 0.261 e. The standard InChI is InChI=1S/C23H28N4OS.CH4/c1-27-10-7-16(8-11-27)2-3-18-13-21(29-15-18)23(28)26-14-17-4-5-20-19(12-17)6-9-25-22(20)24;/h4-6,9,12-13,15-16H,2-3,7-8,10-11,14H2,1H3,(H2,24,25)(H,26,28);1H4. The summed E-state index contributed by atoms with van der Waals surface area (Å²) in [5.74, 6) is 1.35. The number of nitrogens with zero attached hydrogens (tertiary/aromatic N) is 2. The number of anilines is 1. The normalized spacial score (nSPS) is 15.1. The highest BCUT2D eigenvalue weighted by molar-refractivity contribution is 7.12. The van der Waals surface area contributed by atoms with Gasteiger partial charge in [-0.15, -0.1) is 11.3 Å². The first-order chi connectivity index (χ1) is 14.1. The van der Waals surface area contributed by atoms with Crippen molar-refractivity contribution >= 4 is 33.8 Å². The van der Waals surface area contributed by atoms with E-state index in [4.69, 9.17) is 5.73 Å². The minimum absolute atomic E-state index is 0. The highest BCUT2D eigenvalue weighted by atomic mass is 32.1. The van der Waals surface area contributed by atoms with Crippen LogP contribution in [0.2, 0.25) is 0 Å². The van der Waals surface area contributed by atoms with Gasteiger partial charge in [0.2, 0.25) is 0 Å². The summed E-state index contributed by atoms with van der Waals surface area (Å²) in [7, 11) is 2.20. The number of carbonyl (C=O) groups excluding carboxylic acids is 1. The lowest BCUT2D eigenvalue weighted by atomic mass is 9.91. The summed E-state index contributed by atoms with van der Waals surface area (Å²) in [5, 5.41) is 7.15. The van der Waals surface area contributed by atoms with Crippen LogP contribution in [0.25, 0.3) is 10.8 Å². The third-order valence-electron chi connectivity index (χ3n) is 5.87. The van der Waals surface area contributed by atoms with E-state index in [0.29, 0.717) is 12.4 Å². The number of piperidine rings is 1. The second-order valence-electron chi connectivity index (χ2n) is 8.04. The number of nitrogen functional groups attached to an aromatic ring is 1. The second-order valence-corrected chi connectivity index (χ2v) is 8.95. The molecule has 2 aromatic heterocycles. The molecule has 0 atom stereocenters. The molecule has 3 N–H and O–H groups in total. The molecule has 1 saturated heterocycles. The smallest absolute Gasteiger partial charge is 0.261 e. The molecule has 0 aliphatic carbocycles. The van der Waals surface area contributed by atoms with Crippen molar-refractivity contribution in [2.45, 2.75) is 39.7 Å². The number of fused-ring (bicyclic) bond motifs is 1. The van der Waals surface area contributed by atoms with E-state index in [9.17, 15) is 4.79 Å². The van der Waals surface area contributed by atoms with Crippen molar-refractivity contribution in [1.82, 2.24) is 15.2 Å². The molecule has 0 radical (unpaired) electrons. The molecule has 1 aliphatic rings. The van der Waals surface area contributed by atoms with Crippen molar-refractivity contribution in [2.24, 2.45) is 5.92 Å². The van der Waals surface area contributed by atoms with Gasteiger partial charge in [-0.25, -0.2) is 4.98 Å². The van der Waals surface area contributed by atoms with Crippen LogP contribution in [0.3, 0.4) is 0 Å². The van der Waals surface area contributed by atoms with Crippen molar-refractivity contribution in [3.8, 4) is 0 Å². The molecule has 160 valence electrons. The van der Waals surface area contributed by atoms with Crippen LogP contribution in [-0.4, -0.2) is 35.9 Å². The van der Waals surface area contributed by atoms with Gasteiger partial charge in [-0.05, 0) is 91.8 Å². The third-order valence-corrected chi connectivity index (χ3v) is 6.85. The van der Waals surface area contributed by atoms with Crippen molar-refractivity contribution < 1.29 is 4.79 Å². The van der Waals surface area contributed by atoms with Crippen LogP contribution in [0.1, 0.15) is 47.5 Å². The van der Waals surface area contributed by atoms with Gasteiger partial charge >= 0.3 is 0 Å². The molecule has 0 spiro atoms. The van der Waals surface area contributed by atoms with E-state index in [1.165, 1.54) is 49.3 Å². The Kier molecular flexibility index (Phi) is 7.45. The molecule has 6 heteroatoms. The van der Waals surface area contributed by atoms with Crippen LogP contribution in [0.15, 0.2) is 41.9 Å². The average molecular weight is 425 g/mol. The predicted molar refractivity (Wildman–Crippen MR) is 127 cm³/mol. The van der Waals surface area contributed by atoms with Gasteiger partial charge in [0.05, 0.1) is 4.88 Å². The van der Waals surface area contributed by atoms with Gasteiger partial charge in [0.1, 0.15) is 5.82 Å². The van der Waals surface area contributed by atoms with Crippen molar-refractivity contribution in [3.05, 3.63) is 57.9 Å². The zero-order valence-corrected chi connectivity index (χ0v) is 17.7. The number of thiophene rings is 1. The lowest BCUT2D eigenvalue weighted by molar-refractivity contribution is 0.0955. The minimum atomic E-state index is -0.00474. The Morgan fingerprint density at radius 1 is 1.23 bits per heavy atom. The van der Waals surface area contributed by atoms with E-state index in [-0.39, 0.29) is 13.3 Å². The van der Waals surface area contributed by atoms with Crippen molar-refractivity contribution in [1.29, 1.82) is 0 Å². The monoisotopic (exact) mass is 424 g/mol. The fourth-order valence-corrected chi connectivity index (χ4v) is 4.84. The number of carbonyl (C=O) groups is 1. The SMILES string of the molecule is C.CN1CCC(CCc2csc(C(=O)NCc3ccc4c(N)nccc4c3)c2)CC1. The van der Waals surface area contributed by atoms with Crippen molar-refractivity contribution in [2.75, 3.05) is 25.9 Å². The number of nitrogens with one attached hydrogen (secondary N) is 1. The number of hydrogen-bond donors (Lipinski definition) is 2. The number of amides is 1. The molecular weight excluding hydrogens is 392 g/mol. The van der Waals surface area contributed by atoms with Gasteiger partial charge in [-0.3, -0.25) is 4.79 Å². The summed E-state index contributed by atoms with van der Waals surface area (Å²) >= 11 is 1.54. The topological polar surface area (TPSA) is 71.2 Å². The van der Waals surface area contributed by atoms with Crippen LogP contribution < -0.4 is 11.1 Å². The lowest BCUT2D eigenvalue weighted by Gasteiger charge is -2.28. The average Bonchev–Trinajstić information content (AvgIpc) is 3.21. The number of rotatable bonds is 6. The first-order valence-electron chi connectivity index (χ1n) is 10.3. The minimum Gasteiger partial charge on any atom is -0.383 e. The van der Waals surface area contributed by atoms with E-state index in [1.54, 1.807) is 6.20 Å². The molecule has 1 aliphatic heterocycles. The Morgan fingerprint density at radius 3 is 2.83 bits per heavy atom. The third kappa shape index (κ3) is 5.37. The molecule has 0 bridgehead atoms. The van der Waals surface area contributed by atoms with Crippen LogP contribution in [-0.2, 0) is 13.0 Å². The lowest BCUT2D eigenvalue weighted by Crippen LogP contribution is -2.30. The molecule has 1 amide bonds. The number of hydrogen-bond acceptors (Lipinski definition) is 5. The fourth-order valence-electron chi connectivity index (χ4n) is 3.98. The first-order valence-corrected chi connectivity index (χ1v) is 11.1. The van der Waals surface area contributed by atoms with E-state index in [0.717, 1.165) is 33.6 Å². The molecule has 30 heavy (non-hydrogen) atoms. The number of nitrogens with two attached hydrogens (primary N) is 1. The number of aromatic nitrogens is 1. The summed E-state index contributed by atoms with van der Waals surface area (Å²) in [6.07, 6.45) is 6.58. The Morgan fingerprint density at radius 2 is 2.03 bits per heavy atom. The zero-order valence-electron chi connectivity index (χ0n) is 16.9. The molecule has 0 unspecified atom stereocenters. The summed E-state index contributed by atoms with van der Waals surface area (Å²) in [4.78, 5) is 19.9. The van der Waals surface area contributed by atoms with Gasteiger partial charge in [0.15, 0.2) is 0 Å². The van der Waals surface area contributed by atoms with E-state index in [2.05, 4.69) is 39.8 Å². The molecule has 1 fully saturated rings. The summed E-state index contributed by atoms with van der Waals surface area (Å²) < 4.78 is 0. The van der Waals surface area contributed by atoms with Gasteiger partial charge in [0.25, 0.3) is 5.91 Å².